The Morgan fingerprint density at radius 1 is 1.17 bits per heavy atom. The number of rotatable bonds is 6. The van der Waals surface area contributed by atoms with Crippen LogP contribution in [0.1, 0.15) is 56.8 Å². The number of aryl methyl sites for hydroxylation is 1. The van der Waals surface area contributed by atoms with Crippen molar-refractivity contribution in [2.45, 2.75) is 59.2 Å². The number of esters is 1. The number of carbonyl (C=O) groups excluding carboxylic acids is 2. The van der Waals surface area contributed by atoms with Crippen molar-refractivity contribution in [3.8, 4) is 0 Å². The molecule has 1 aromatic carbocycles. The number of amidine groups is 1. The highest BCUT2D eigenvalue weighted by Crippen LogP contribution is 2.45. The van der Waals surface area contributed by atoms with Crippen molar-refractivity contribution in [1.82, 2.24) is 15.2 Å². The molecule has 35 heavy (non-hydrogen) atoms. The van der Waals surface area contributed by atoms with Crippen LogP contribution in [0.25, 0.3) is 0 Å². The molecule has 1 N–H and O–H groups in total. The number of hydrogen-bond acceptors (Lipinski definition) is 7. The number of pyridine rings is 1. The number of allylic oxidation sites excluding steroid dienone is 1. The second-order valence-corrected chi connectivity index (χ2v) is 10.5. The fourth-order valence-electron chi connectivity index (χ4n) is 4.05. The van der Waals surface area contributed by atoms with Crippen molar-refractivity contribution in [3.05, 3.63) is 87.9 Å². The third-order valence-corrected chi connectivity index (χ3v) is 6.42. The van der Waals surface area contributed by atoms with Crippen LogP contribution in [0.4, 0.5) is 0 Å². The van der Waals surface area contributed by atoms with Gasteiger partial charge in [-0.25, -0.2) is 9.79 Å². The van der Waals surface area contributed by atoms with E-state index in [-0.39, 0.29) is 12.3 Å². The van der Waals surface area contributed by atoms with Crippen molar-refractivity contribution in [2.75, 3.05) is 0 Å². The zero-order chi connectivity index (χ0) is 25.2. The van der Waals surface area contributed by atoms with Gasteiger partial charge in [-0.3, -0.25) is 9.78 Å². The quantitative estimate of drug-likeness (QED) is 0.573. The summed E-state index contributed by atoms with van der Waals surface area (Å²) in [4.78, 5) is 37.0. The van der Waals surface area contributed by atoms with Crippen molar-refractivity contribution in [3.63, 3.8) is 0 Å². The van der Waals surface area contributed by atoms with Gasteiger partial charge in [0.25, 0.3) is 0 Å². The van der Waals surface area contributed by atoms with Gasteiger partial charge in [0, 0.05) is 24.6 Å². The van der Waals surface area contributed by atoms with Gasteiger partial charge in [-0.2, -0.15) is 0 Å². The standard InChI is InChI=1S/C27H30N4O3S/c1-17-8-6-10-20(12-17)24-23(25(33)34-27(3,4)5)18(2)30-26-31(24)21(16-35-26)13-22(32)29-15-19-9-7-11-28-14-19/h6-12,14,16,24H,13,15H2,1-5H3,(H,29,32). The molecule has 182 valence electrons. The molecular formula is C27H30N4O3S. The summed E-state index contributed by atoms with van der Waals surface area (Å²) in [6.45, 7) is 9.81. The Labute approximate surface area is 210 Å². The second-order valence-electron chi connectivity index (χ2n) is 9.62. The number of hydrogen-bond donors (Lipinski definition) is 1. The van der Waals surface area contributed by atoms with Crippen LogP contribution in [-0.4, -0.2) is 32.5 Å². The van der Waals surface area contributed by atoms with Gasteiger partial charge in [-0.1, -0.05) is 47.7 Å². The Kier molecular flexibility index (Phi) is 7.12. The van der Waals surface area contributed by atoms with E-state index in [9.17, 15) is 9.59 Å². The SMILES string of the molecule is CC1=C(C(=O)OC(C)(C)C)C(c2cccc(C)c2)N2C(CC(=O)NCc3cccnc3)=CSC2=N1. The topological polar surface area (TPSA) is 83.9 Å². The summed E-state index contributed by atoms with van der Waals surface area (Å²) in [5.41, 5.74) is 4.22. The van der Waals surface area contributed by atoms with Crippen LogP contribution in [0, 0.1) is 6.92 Å². The molecule has 1 unspecified atom stereocenters. The van der Waals surface area contributed by atoms with Gasteiger partial charge in [-0.05, 0) is 57.2 Å². The third-order valence-electron chi connectivity index (χ3n) is 5.53. The second kappa shape index (κ2) is 10.1. The molecule has 1 aromatic heterocycles. The number of thioether (sulfide) groups is 1. The van der Waals surface area contributed by atoms with Gasteiger partial charge >= 0.3 is 5.97 Å². The van der Waals surface area contributed by atoms with Crippen LogP contribution < -0.4 is 5.32 Å². The lowest BCUT2D eigenvalue weighted by molar-refractivity contribution is -0.150. The summed E-state index contributed by atoms with van der Waals surface area (Å²) >= 11 is 1.46. The van der Waals surface area contributed by atoms with Crippen molar-refractivity contribution in [1.29, 1.82) is 0 Å². The van der Waals surface area contributed by atoms with E-state index in [1.807, 2.05) is 75.3 Å². The number of amides is 1. The Balaban J connectivity index is 1.63. The van der Waals surface area contributed by atoms with Crippen LogP contribution in [0.5, 0.6) is 0 Å². The van der Waals surface area contributed by atoms with Gasteiger partial charge in [0.2, 0.25) is 5.91 Å². The lowest BCUT2D eigenvalue weighted by Gasteiger charge is -2.37. The Hall–Kier alpha value is -3.39. The number of carbonyl (C=O) groups is 2. The van der Waals surface area contributed by atoms with Gasteiger partial charge in [0.1, 0.15) is 5.60 Å². The number of aromatic nitrogens is 1. The lowest BCUT2D eigenvalue weighted by Crippen LogP contribution is -2.39. The summed E-state index contributed by atoms with van der Waals surface area (Å²) in [5, 5.41) is 5.65. The van der Waals surface area contributed by atoms with E-state index in [1.54, 1.807) is 12.4 Å². The Morgan fingerprint density at radius 3 is 2.66 bits per heavy atom. The zero-order valence-electron chi connectivity index (χ0n) is 20.7. The average molecular weight is 491 g/mol. The highest BCUT2D eigenvalue weighted by Gasteiger charge is 2.41. The summed E-state index contributed by atoms with van der Waals surface area (Å²) < 4.78 is 5.78. The largest absolute Gasteiger partial charge is 0.456 e. The fourth-order valence-corrected chi connectivity index (χ4v) is 5.01. The smallest absolute Gasteiger partial charge is 0.338 e. The van der Waals surface area contributed by atoms with Crippen molar-refractivity contribution in [2.24, 2.45) is 4.99 Å². The normalized spacial score (nSPS) is 17.5. The first-order valence-corrected chi connectivity index (χ1v) is 12.4. The molecule has 0 saturated carbocycles. The predicted octanol–water partition coefficient (Wildman–Crippen LogP) is 5.01. The van der Waals surface area contributed by atoms with E-state index in [0.29, 0.717) is 17.8 Å². The molecule has 0 saturated heterocycles. The molecule has 0 bridgehead atoms. The maximum absolute atomic E-state index is 13.4. The van der Waals surface area contributed by atoms with Crippen LogP contribution in [-0.2, 0) is 20.9 Å². The lowest BCUT2D eigenvalue weighted by atomic mass is 9.92. The van der Waals surface area contributed by atoms with Gasteiger partial charge in [0.15, 0.2) is 5.17 Å². The fraction of sp³-hybridized carbons (Fsp3) is 0.333. The van der Waals surface area contributed by atoms with Crippen LogP contribution in [0.2, 0.25) is 0 Å². The number of aliphatic imine (C=N–C) groups is 1. The van der Waals surface area contributed by atoms with E-state index >= 15 is 0 Å². The van der Waals surface area contributed by atoms with Crippen molar-refractivity contribution >= 4 is 28.8 Å². The summed E-state index contributed by atoms with van der Waals surface area (Å²) in [5.74, 6) is -0.517. The summed E-state index contributed by atoms with van der Waals surface area (Å²) in [6, 6.07) is 11.4. The first-order chi connectivity index (χ1) is 16.6. The average Bonchev–Trinajstić information content (AvgIpc) is 3.18. The molecule has 8 heteroatoms. The molecule has 3 heterocycles. The molecule has 2 aliphatic rings. The first kappa shape index (κ1) is 24.7. The molecule has 0 spiro atoms. The van der Waals surface area contributed by atoms with E-state index < -0.39 is 17.6 Å². The van der Waals surface area contributed by atoms with E-state index in [4.69, 9.17) is 9.73 Å². The van der Waals surface area contributed by atoms with E-state index in [1.165, 1.54) is 11.8 Å². The number of benzene rings is 1. The minimum absolute atomic E-state index is 0.116. The molecule has 0 radical (unpaired) electrons. The molecule has 2 aliphatic heterocycles. The minimum Gasteiger partial charge on any atom is -0.456 e. The molecule has 1 amide bonds. The Bertz CT molecular complexity index is 1230. The molecule has 0 fully saturated rings. The number of nitrogens with one attached hydrogen (secondary N) is 1. The number of fused-ring (bicyclic) bond motifs is 1. The maximum atomic E-state index is 13.4. The highest BCUT2D eigenvalue weighted by molar-refractivity contribution is 8.16. The molecule has 2 aromatic rings. The van der Waals surface area contributed by atoms with Crippen LogP contribution in [0.15, 0.2) is 76.2 Å². The predicted molar refractivity (Wildman–Crippen MR) is 138 cm³/mol. The first-order valence-electron chi connectivity index (χ1n) is 11.5. The molecule has 4 rings (SSSR count). The summed E-state index contributed by atoms with van der Waals surface area (Å²) in [6.07, 6.45) is 3.59. The zero-order valence-corrected chi connectivity index (χ0v) is 21.5. The molecule has 0 aliphatic carbocycles. The van der Waals surface area contributed by atoms with Gasteiger partial charge in [-0.15, -0.1) is 0 Å². The van der Waals surface area contributed by atoms with Gasteiger partial charge in [0.05, 0.1) is 23.7 Å². The van der Waals surface area contributed by atoms with Crippen LogP contribution in [0.3, 0.4) is 0 Å². The molecule has 7 nitrogen and oxygen atoms in total. The third kappa shape index (κ3) is 5.82. The highest BCUT2D eigenvalue weighted by atomic mass is 32.2. The number of ether oxygens (including phenoxy) is 1. The summed E-state index contributed by atoms with van der Waals surface area (Å²) in [7, 11) is 0. The van der Waals surface area contributed by atoms with Crippen molar-refractivity contribution < 1.29 is 14.3 Å². The van der Waals surface area contributed by atoms with E-state index in [0.717, 1.165) is 27.6 Å². The van der Waals surface area contributed by atoms with Gasteiger partial charge < -0.3 is 15.0 Å². The molecular weight excluding hydrogens is 460 g/mol. The van der Waals surface area contributed by atoms with Crippen LogP contribution >= 0.6 is 11.8 Å². The number of nitrogens with zero attached hydrogens (tertiary/aromatic N) is 3. The monoisotopic (exact) mass is 490 g/mol. The molecule has 1 atom stereocenters. The van der Waals surface area contributed by atoms with E-state index in [2.05, 4.69) is 16.4 Å². The Morgan fingerprint density at radius 2 is 1.97 bits per heavy atom. The maximum Gasteiger partial charge on any atom is 0.338 e. The minimum atomic E-state index is -0.643.